The number of rotatable bonds is 5. The maximum atomic E-state index is 13.5. The van der Waals surface area contributed by atoms with Crippen molar-refractivity contribution in [3.8, 4) is 0 Å². The molecule has 3 heteroatoms. The van der Waals surface area contributed by atoms with Gasteiger partial charge in [0.15, 0.2) is 0 Å². The first-order valence-corrected chi connectivity index (χ1v) is 7.27. The summed E-state index contributed by atoms with van der Waals surface area (Å²) in [5, 5.41) is 9.97. The highest BCUT2D eigenvalue weighted by molar-refractivity contribution is 5.19. The Morgan fingerprint density at radius 3 is 2.58 bits per heavy atom. The summed E-state index contributed by atoms with van der Waals surface area (Å²) in [7, 11) is 0. The Balaban J connectivity index is 1.78. The minimum atomic E-state index is -0.571. The molecule has 1 aromatic rings. The molecule has 1 atom stereocenters. The molecule has 1 nitrogen and oxygen atoms in total. The van der Waals surface area contributed by atoms with Gasteiger partial charge in [0.05, 0.1) is 6.10 Å². The normalized spacial score (nSPS) is 18.5. The zero-order valence-electron chi connectivity index (χ0n) is 11.2. The van der Waals surface area contributed by atoms with Crippen molar-refractivity contribution in [3.05, 3.63) is 35.4 Å². The standard InChI is InChI=1S/C16H22F2O/c17-14-8-7-13(16(18)11-14)10-15(19)9-6-12-4-2-1-3-5-12/h7-8,11-12,15,19H,1-6,9-10H2. The fourth-order valence-corrected chi connectivity index (χ4v) is 2.95. The van der Waals surface area contributed by atoms with Crippen molar-refractivity contribution in [2.24, 2.45) is 5.92 Å². The molecule has 1 aliphatic carbocycles. The highest BCUT2D eigenvalue weighted by Crippen LogP contribution is 2.28. The predicted molar refractivity (Wildman–Crippen MR) is 71.9 cm³/mol. The van der Waals surface area contributed by atoms with Gasteiger partial charge in [0, 0.05) is 12.5 Å². The summed E-state index contributed by atoms with van der Waals surface area (Å²) in [4.78, 5) is 0. The van der Waals surface area contributed by atoms with Gasteiger partial charge >= 0.3 is 0 Å². The van der Waals surface area contributed by atoms with Crippen LogP contribution in [-0.2, 0) is 6.42 Å². The molecule has 106 valence electrons. The van der Waals surface area contributed by atoms with Gasteiger partial charge in [-0.05, 0) is 30.4 Å². The molecule has 19 heavy (non-hydrogen) atoms. The molecule has 0 aliphatic heterocycles. The van der Waals surface area contributed by atoms with Crippen LogP contribution in [0.5, 0.6) is 0 Å². The van der Waals surface area contributed by atoms with Crippen molar-refractivity contribution in [2.45, 2.75) is 57.5 Å². The van der Waals surface area contributed by atoms with E-state index in [0.717, 1.165) is 18.4 Å². The first-order valence-electron chi connectivity index (χ1n) is 7.27. The van der Waals surface area contributed by atoms with E-state index in [1.165, 1.54) is 44.2 Å². The molecule has 0 bridgehead atoms. The van der Waals surface area contributed by atoms with Crippen LogP contribution in [0.1, 0.15) is 50.5 Å². The molecule has 2 rings (SSSR count). The maximum absolute atomic E-state index is 13.5. The summed E-state index contributed by atoms with van der Waals surface area (Å²) in [6, 6.07) is 3.55. The van der Waals surface area contributed by atoms with Gasteiger partial charge in [-0.2, -0.15) is 0 Å². The Labute approximate surface area is 113 Å². The second kappa shape index (κ2) is 6.99. The number of hydrogen-bond donors (Lipinski definition) is 1. The van der Waals surface area contributed by atoms with Gasteiger partial charge in [0.25, 0.3) is 0 Å². The van der Waals surface area contributed by atoms with E-state index in [0.29, 0.717) is 12.0 Å². The molecule has 1 aromatic carbocycles. The van der Waals surface area contributed by atoms with Crippen LogP contribution in [0.4, 0.5) is 8.78 Å². The second-order valence-electron chi connectivity index (χ2n) is 5.68. The second-order valence-corrected chi connectivity index (χ2v) is 5.68. The number of aliphatic hydroxyl groups is 1. The molecule has 1 N–H and O–H groups in total. The zero-order valence-corrected chi connectivity index (χ0v) is 11.2. The van der Waals surface area contributed by atoms with Gasteiger partial charge in [0.2, 0.25) is 0 Å². The molecule has 1 unspecified atom stereocenters. The number of benzene rings is 1. The molecule has 1 aliphatic rings. The van der Waals surface area contributed by atoms with Crippen molar-refractivity contribution in [2.75, 3.05) is 0 Å². The van der Waals surface area contributed by atoms with Gasteiger partial charge in [-0.1, -0.05) is 38.2 Å². The SMILES string of the molecule is OC(CCC1CCCCC1)Cc1ccc(F)cc1F. The van der Waals surface area contributed by atoms with E-state index >= 15 is 0 Å². The highest BCUT2D eigenvalue weighted by atomic mass is 19.1. The van der Waals surface area contributed by atoms with Gasteiger partial charge < -0.3 is 5.11 Å². The summed E-state index contributed by atoms with van der Waals surface area (Å²) < 4.78 is 26.2. The third kappa shape index (κ3) is 4.57. The molecule has 0 radical (unpaired) electrons. The summed E-state index contributed by atoms with van der Waals surface area (Å²) >= 11 is 0. The fraction of sp³-hybridized carbons (Fsp3) is 0.625. The lowest BCUT2D eigenvalue weighted by atomic mass is 9.85. The zero-order chi connectivity index (χ0) is 13.7. The Kier molecular flexibility index (Phi) is 5.32. The van der Waals surface area contributed by atoms with Gasteiger partial charge in [-0.15, -0.1) is 0 Å². The van der Waals surface area contributed by atoms with Crippen molar-refractivity contribution >= 4 is 0 Å². The number of aliphatic hydroxyl groups excluding tert-OH is 1. The quantitative estimate of drug-likeness (QED) is 0.847. The molecular weight excluding hydrogens is 246 g/mol. The van der Waals surface area contributed by atoms with Crippen LogP contribution in [0.2, 0.25) is 0 Å². The van der Waals surface area contributed by atoms with Crippen LogP contribution in [0.15, 0.2) is 18.2 Å². The third-order valence-corrected chi connectivity index (χ3v) is 4.10. The lowest BCUT2D eigenvalue weighted by molar-refractivity contribution is 0.148. The first kappa shape index (κ1) is 14.4. The monoisotopic (exact) mass is 268 g/mol. The van der Waals surface area contributed by atoms with E-state index < -0.39 is 17.7 Å². The van der Waals surface area contributed by atoms with E-state index in [4.69, 9.17) is 0 Å². The van der Waals surface area contributed by atoms with Crippen LogP contribution < -0.4 is 0 Å². The maximum Gasteiger partial charge on any atom is 0.129 e. The summed E-state index contributed by atoms with van der Waals surface area (Å²) in [5.74, 6) is -0.406. The molecule has 0 amide bonds. The van der Waals surface area contributed by atoms with Crippen molar-refractivity contribution in [1.82, 2.24) is 0 Å². The van der Waals surface area contributed by atoms with E-state index in [9.17, 15) is 13.9 Å². The van der Waals surface area contributed by atoms with E-state index in [-0.39, 0.29) is 6.42 Å². The lowest BCUT2D eigenvalue weighted by Crippen LogP contribution is -2.15. The van der Waals surface area contributed by atoms with Gasteiger partial charge in [-0.25, -0.2) is 8.78 Å². The van der Waals surface area contributed by atoms with Gasteiger partial charge in [0.1, 0.15) is 11.6 Å². The fourth-order valence-electron chi connectivity index (χ4n) is 2.95. The van der Waals surface area contributed by atoms with Crippen LogP contribution >= 0.6 is 0 Å². The molecule has 1 fully saturated rings. The van der Waals surface area contributed by atoms with Crippen molar-refractivity contribution in [3.63, 3.8) is 0 Å². The first-order chi connectivity index (χ1) is 9.15. The van der Waals surface area contributed by atoms with Crippen molar-refractivity contribution in [1.29, 1.82) is 0 Å². The average Bonchev–Trinajstić information content (AvgIpc) is 2.41. The molecule has 0 heterocycles. The highest BCUT2D eigenvalue weighted by Gasteiger charge is 2.16. The summed E-state index contributed by atoms with van der Waals surface area (Å²) in [6.45, 7) is 0. The largest absolute Gasteiger partial charge is 0.393 e. The molecule has 0 aromatic heterocycles. The Morgan fingerprint density at radius 1 is 1.16 bits per heavy atom. The Morgan fingerprint density at radius 2 is 1.89 bits per heavy atom. The van der Waals surface area contributed by atoms with Crippen LogP contribution in [0.3, 0.4) is 0 Å². The number of halogens is 2. The lowest BCUT2D eigenvalue weighted by Gasteiger charge is -2.22. The Bertz CT molecular complexity index is 400. The predicted octanol–water partition coefficient (Wildman–Crippen LogP) is 4.23. The van der Waals surface area contributed by atoms with Gasteiger partial charge in [-0.3, -0.25) is 0 Å². The van der Waals surface area contributed by atoms with E-state index in [1.807, 2.05) is 0 Å². The summed E-state index contributed by atoms with van der Waals surface area (Å²) in [6.07, 6.45) is 7.93. The topological polar surface area (TPSA) is 20.2 Å². The third-order valence-electron chi connectivity index (χ3n) is 4.10. The minimum Gasteiger partial charge on any atom is -0.393 e. The summed E-state index contributed by atoms with van der Waals surface area (Å²) in [5.41, 5.74) is 0.401. The average molecular weight is 268 g/mol. The molecular formula is C16H22F2O. The van der Waals surface area contributed by atoms with E-state index in [1.54, 1.807) is 0 Å². The molecule has 1 saturated carbocycles. The van der Waals surface area contributed by atoms with Crippen LogP contribution in [-0.4, -0.2) is 11.2 Å². The smallest absolute Gasteiger partial charge is 0.129 e. The van der Waals surface area contributed by atoms with Crippen molar-refractivity contribution < 1.29 is 13.9 Å². The molecule has 0 spiro atoms. The Hall–Kier alpha value is -0.960. The van der Waals surface area contributed by atoms with Crippen LogP contribution in [0.25, 0.3) is 0 Å². The van der Waals surface area contributed by atoms with Crippen LogP contribution in [0, 0.1) is 17.6 Å². The minimum absolute atomic E-state index is 0.277. The van der Waals surface area contributed by atoms with E-state index in [2.05, 4.69) is 0 Å². The number of hydrogen-bond acceptors (Lipinski definition) is 1. The molecule has 0 saturated heterocycles.